The first-order valence-electron chi connectivity index (χ1n) is 5.51. The maximum Gasteiger partial charge on any atom is 0.0479 e. The Morgan fingerprint density at radius 2 is 2.00 bits per heavy atom. The van der Waals surface area contributed by atoms with Crippen LogP contribution in [-0.4, -0.2) is 10.6 Å². The maximum atomic E-state index is 5.98. The molecule has 1 aromatic carbocycles. The maximum absolute atomic E-state index is 5.98. The largest absolute Gasteiger partial charge is 0.348 e. The Hall–Kier alpha value is -0.990. The van der Waals surface area contributed by atoms with Gasteiger partial charge in [0.05, 0.1) is 0 Å². The van der Waals surface area contributed by atoms with Crippen molar-refractivity contribution in [2.75, 3.05) is 0 Å². The topological polar surface area (TPSA) is 30.9 Å². The van der Waals surface area contributed by atoms with Crippen LogP contribution < -0.4 is 5.73 Å². The second-order valence-electron chi connectivity index (χ2n) is 4.13. The first kappa shape index (κ1) is 13.1. The Kier molecular flexibility index (Phi) is 4.39. The molecule has 2 aromatic rings. The van der Waals surface area contributed by atoms with Gasteiger partial charge in [-0.1, -0.05) is 25.1 Å². The van der Waals surface area contributed by atoms with E-state index in [0.29, 0.717) is 0 Å². The van der Waals surface area contributed by atoms with Gasteiger partial charge in [-0.2, -0.15) is 0 Å². The van der Waals surface area contributed by atoms with Gasteiger partial charge in [0.15, 0.2) is 0 Å². The Labute approximate surface area is 103 Å². The highest BCUT2D eigenvalue weighted by molar-refractivity contribution is 5.85. The van der Waals surface area contributed by atoms with E-state index in [1.54, 1.807) is 0 Å². The van der Waals surface area contributed by atoms with E-state index in [-0.39, 0.29) is 18.4 Å². The molecule has 0 fully saturated rings. The van der Waals surface area contributed by atoms with Crippen molar-refractivity contribution in [3.63, 3.8) is 0 Å². The van der Waals surface area contributed by atoms with Gasteiger partial charge in [0, 0.05) is 30.7 Å². The van der Waals surface area contributed by atoms with Crippen LogP contribution in [0.2, 0.25) is 0 Å². The average molecular weight is 239 g/mol. The molecule has 2 N–H and O–H groups in total. The van der Waals surface area contributed by atoms with Gasteiger partial charge in [-0.05, 0) is 23.9 Å². The molecule has 0 aliphatic rings. The number of hydrogen-bond donors (Lipinski definition) is 1. The van der Waals surface area contributed by atoms with E-state index in [1.165, 1.54) is 16.6 Å². The molecule has 2 nitrogen and oxygen atoms in total. The zero-order valence-electron chi connectivity index (χ0n) is 9.81. The number of para-hydroxylation sites is 1. The van der Waals surface area contributed by atoms with Crippen LogP contribution in [0.4, 0.5) is 0 Å². The van der Waals surface area contributed by atoms with Crippen LogP contribution in [-0.2, 0) is 13.5 Å². The predicted molar refractivity (Wildman–Crippen MR) is 72.1 cm³/mol. The molecular weight excluding hydrogens is 220 g/mol. The lowest BCUT2D eigenvalue weighted by Gasteiger charge is -2.09. The summed E-state index contributed by atoms with van der Waals surface area (Å²) in [6.07, 6.45) is 1.99. The Morgan fingerprint density at radius 1 is 1.31 bits per heavy atom. The Bertz CT molecular complexity index is 462. The molecule has 1 unspecified atom stereocenters. The van der Waals surface area contributed by atoms with Gasteiger partial charge < -0.3 is 10.3 Å². The van der Waals surface area contributed by atoms with E-state index < -0.39 is 0 Å². The van der Waals surface area contributed by atoms with Crippen LogP contribution in [0.25, 0.3) is 10.9 Å². The zero-order valence-corrected chi connectivity index (χ0v) is 10.6. The first-order valence-corrected chi connectivity index (χ1v) is 5.51. The smallest absolute Gasteiger partial charge is 0.0479 e. The van der Waals surface area contributed by atoms with Gasteiger partial charge in [0.2, 0.25) is 0 Å². The normalized spacial score (nSPS) is 12.4. The minimum Gasteiger partial charge on any atom is -0.348 e. The number of benzene rings is 1. The third-order valence-corrected chi connectivity index (χ3v) is 3.05. The van der Waals surface area contributed by atoms with E-state index in [2.05, 4.69) is 48.9 Å². The molecule has 88 valence electrons. The van der Waals surface area contributed by atoms with Gasteiger partial charge >= 0.3 is 0 Å². The van der Waals surface area contributed by atoms with Crippen molar-refractivity contribution in [2.45, 2.75) is 25.8 Å². The van der Waals surface area contributed by atoms with Crippen LogP contribution >= 0.6 is 12.4 Å². The second kappa shape index (κ2) is 5.37. The molecule has 0 aliphatic heterocycles. The number of nitrogens with two attached hydrogens (primary N) is 1. The molecule has 1 atom stereocenters. The lowest BCUT2D eigenvalue weighted by atomic mass is 10.1. The fourth-order valence-corrected chi connectivity index (χ4v) is 1.95. The summed E-state index contributed by atoms with van der Waals surface area (Å²) >= 11 is 0. The quantitative estimate of drug-likeness (QED) is 0.876. The average Bonchev–Trinajstić information content (AvgIpc) is 2.57. The number of halogens is 1. The van der Waals surface area contributed by atoms with Crippen LogP contribution in [0.5, 0.6) is 0 Å². The summed E-state index contributed by atoms with van der Waals surface area (Å²) in [7, 11) is 2.11. The molecule has 16 heavy (non-hydrogen) atoms. The molecule has 2 rings (SSSR count). The summed E-state index contributed by atoms with van der Waals surface area (Å²) < 4.78 is 2.24. The minimum absolute atomic E-state index is 0. The van der Waals surface area contributed by atoms with E-state index >= 15 is 0 Å². The summed E-state index contributed by atoms with van der Waals surface area (Å²) in [5.74, 6) is 0. The third kappa shape index (κ3) is 2.39. The minimum atomic E-state index is 0. The summed E-state index contributed by atoms with van der Waals surface area (Å²) in [4.78, 5) is 0. The molecule has 1 aromatic heterocycles. The highest BCUT2D eigenvalue weighted by Gasteiger charge is 2.07. The number of nitrogens with zero attached hydrogens (tertiary/aromatic N) is 1. The van der Waals surface area contributed by atoms with Crippen molar-refractivity contribution in [1.29, 1.82) is 0 Å². The number of aromatic nitrogens is 1. The van der Waals surface area contributed by atoms with E-state index in [9.17, 15) is 0 Å². The third-order valence-electron chi connectivity index (χ3n) is 3.05. The highest BCUT2D eigenvalue weighted by atomic mass is 35.5. The summed E-state index contributed by atoms with van der Waals surface area (Å²) in [5, 5.41) is 1.30. The number of rotatable bonds is 3. The molecule has 3 heteroatoms. The summed E-state index contributed by atoms with van der Waals surface area (Å²) in [6, 6.07) is 11.0. The van der Waals surface area contributed by atoms with Crippen LogP contribution in [0.3, 0.4) is 0 Å². The SMILES string of the molecule is CCC(N)Cc1cc2ccccc2n1C.Cl. The molecule has 0 aliphatic carbocycles. The molecule has 0 spiro atoms. The van der Waals surface area contributed by atoms with Crippen molar-refractivity contribution >= 4 is 23.3 Å². The van der Waals surface area contributed by atoms with Crippen molar-refractivity contribution in [3.8, 4) is 0 Å². The van der Waals surface area contributed by atoms with Crippen molar-refractivity contribution < 1.29 is 0 Å². The molecule has 1 heterocycles. The molecule has 0 bridgehead atoms. The van der Waals surface area contributed by atoms with Gasteiger partial charge in [-0.15, -0.1) is 12.4 Å². The standard InChI is InChI=1S/C13H18N2.ClH/c1-3-11(14)9-12-8-10-6-4-5-7-13(10)15(12)2;/h4-8,11H,3,9,14H2,1-2H3;1H. The summed E-state index contributed by atoms with van der Waals surface area (Å²) in [6.45, 7) is 2.13. The number of fused-ring (bicyclic) bond motifs is 1. The fraction of sp³-hybridized carbons (Fsp3) is 0.385. The van der Waals surface area contributed by atoms with E-state index in [4.69, 9.17) is 5.73 Å². The van der Waals surface area contributed by atoms with Crippen LogP contribution in [0.1, 0.15) is 19.0 Å². The van der Waals surface area contributed by atoms with Gasteiger partial charge in [0.25, 0.3) is 0 Å². The van der Waals surface area contributed by atoms with E-state index in [1.807, 2.05) is 0 Å². The van der Waals surface area contributed by atoms with Gasteiger partial charge in [-0.25, -0.2) is 0 Å². The lowest BCUT2D eigenvalue weighted by Crippen LogP contribution is -2.22. The first-order chi connectivity index (χ1) is 7.22. The monoisotopic (exact) mass is 238 g/mol. The molecule has 0 radical (unpaired) electrons. The Balaban J connectivity index is 0.00000128. The summed E-state index contributed by atoms with van der Waals surface area (Å²) in [5.41, 5.74) is 8.59. The second-order valence-corrected chi connectivity index (χ2v) is 4.13. The predicted octanol–water partition coefficient (Wildman–Crippen LogP) is 2.88. The van der Waals surface area contributed by atoms with Gasteiger partial charge in [-0.3, -0.25) is 0 Å². The van der Waals surface area contributed by atoms with Crippen molar-refractivity contribution in [2.24, 2.45) is 12.8 Å². The van der Waals surface area contributed by atoms with Crippen molar-refractivity contribution in [1.82, 2.24) is 4.57 Å². The molecular formula is C13H19ClN2. The number of aryl methyl sites for hydroxylation is 1. The number of hydrogen-bond acceptors (Lipinski definition) is 1. The van der Waals surface area contributed by atoms with Gasteiger partial charge in [0.1, 0.15) is 0 Å². The molecule has 0 amide bonds. The molecule has 0 saturated carbocycles. The Morgan fingerprint density at radius 3 is 2.62 bits per heavy atom. The van der Waals surface area contributed by atoms with E-state index in [0.717, 1.165) is 12.8 Å². The van der Waals surface area contributed by atoms with Crippen molar-refractivity contribution in [3.05, 3.63) is 36.0 Å². The van der Waals surface area contributed by atoms with Crippen LogP contribution in [0, 0.1) is 0 Å². The molecule has 0 saturated heterocycles. The van der Waals surface area contributed by atoms with Crippen LogP contribution in [0.15, 0.2) is 30.3 Å². The lowest BCUT2D eigenvalue weighted by molar-refractivity contribution is 0.624. The highest BCUT2D eigenvalue weighted by Crippen LogP contribution is 2.19. The fourth-order valence-electron chi connectivity index (χ4n) is 1.95. The zero-order chi connectivity index (χ0) is 10.8.